The molecule has 0 fully saturated rings. The number of phenols is 1. The summed E-state index contributed by atoms with van der Waals surface area (Å²) in [6.07, 6.45) is 0.973. The standard InChI is InChI=1S/C17H17ClN2O2/c1-3-12-4-6-13(7-5-12)11(2)19-20-17(22)15-10-14(18)8-9-16(15)21/h4-10,21H,3H2,1-2H3,(H,20,22). The summed E-state index contributed by atoms with van der Waals surface area (Å²) in [7, 11) is 0. The average molecular weight is 317 g/mol. The van der Waals surface area contributed by atoms with Crippen molar-refractivity contribution in [3.05, 3.63) is 64.2 Å². The minimum atomic E-state index is -0.510. The molecular weight excluding hydrogens is 300 g/mol. The van der Waals surface area contributed by atoms with Gasteiger partial charge in [-0.25, -0.2) is 5.43 Å². The van der Waals surface area contributed by atoms with E-state index in [2.05, 4.69) is 17.5 Å². The first-order valence-corrected chi connectivity index (χ1v) is 7.31. The van der Waals surface area contributed by atoms with Crippen LogP contribution >= 0.6 is 11.6 Å². The zero-order chi connectivity index (χ0) is 16.1. The van der Waals surface area contributed by atoms with E-state index in [1.165, 1.54) is 23.8 Å². The van der Waals surface area contributed by atoms with Crippen LogP contribution in [0.1, 0.15) is 35.3 Å². The van der Waals surface area contributed by atoms with Crippen molar-refractivity contribution in [1.82, 2.24) is 5.43 Å². The highest BCUT2D eigenvalue weighted by Gasteiger charge is 2.11. The molecule has 0 spiro atoms. The lowest BCUT2D eigenvalue weighted by atomic mass is 10.1. The summed E-state index contributed by atoms with van der Waals surface area (Å²) in [4.78, 5) is 12.0. The largest absolute Gasteiger partial charge is 0.507 e. The van der Waals surface area contributed by atoms with Crippen molar-refractivity contribution in [1.29, 1.82) is 0 Å². The molecule has 0 heterocycles. The van der Waals surface area contributed by atoms with Crippen molar-refractivity contribution in [3.63, 3.8) is 0 Å². The van der Waals surface area contributed by atoms with E-state index in [4.69, 9.17) is 11.6 Å². The molecule has 0 radical (unpaired) electrons. The Morgan fingerprint density at radius 1 is 1.23 bits per heavy atom. The Balaban J connectivity index is 2.12. The van der Waals surface area contributed by atoms with Crippen LogP contribution in [0.5, 0.6) is 5.75 Å². The normalized spacial score (nSPS) is 11.3. The molecule has 2 aromatic carbocycles. The predicted molar refractivity (Wildman–Crippen MR) is 88.6 cm³/mol. The summed E-state index contributed by atoms with van der Waals surface area (Å²) in [5.41, 5.74) is 5.35. The number of carbonyl (C=O) groups excluding carboxylic acids is 1. The van der Waals surface area contributed by atoms with E-state index < -0.39 is 5.91 Å². The summed E-state index contributed by atoms with van der Waals surface area (Å²) >= 11 is 5.82. The fourth-order valence-electron chi connectivity index (χ4n) is 1.93. The second-order valence-electron chi connectivity index (χ2n) is 4.85. The van der Waals surface area contributed by atoms with Gasteiger partial charge in [-0.05, 0) is 42.7 Å². The van der Waals surface area contributed by atoms with Crippen LogP contribution in [0.2, 0.25) is 5.02 Å². The number of carbonyl (C=O) groups is 1. The van der Waals surface area contributed by atoms with Gasteiger partial charge in [-0.2, -0.15) is 5.10 Å². The second kappa shape index (κ2) is 7.09. The molecule has 0 saturated heterocycles. The minimum absolute atomic E-state index is 0.0883. The van der Waals surface area contributed by atoms with E-state index in [9.17, 15) is 9.90 Å². The zero-order valence-electron chi connectivity index (χ0n) is 12.4. The number of phenolic OH excluding ortho intramolecular Hbond substituents is 1. The molecule has 0 aliphatic carbocycles. The highest BCUT2D eigenvalue weighted by atomic mass is 35.5. The van der Waals surface area contributed by atoms with Crippen LogP contribution in [0.25, 0.3) is 0 Å². The molecule has 0 aromatic heterocycles. The van der Waals surface area contributed by atoms with Crippen molar-refractivity contribution in [2.75, 3.05) is 0 Å². The lowest BCUT2D eigenvalue weighted by Gasteiger charge is -2.06. The highest BCUT2D eigenvalue weighted by molar-refractivity contribution is 6.31. The minimum Gasteiger partial charge on any atom is -0.507 e. The number of benzene rings is 2. The fraction of sp³-hybridized carbons (Fsp3) is 0.176. The maximum atomic E-state index is 12.0. The summed E-state index contributed by atoms with van der Waals surface area (Å²) < 4.78 is 0. The number of rotatable bonds is 4. The van der Waals surface area contributed by atoms with E-state index in [1.807, 2.05) is 24.3 Å². The van der Waals surface area contributed by atoms with Crippen LogP contribution in [0.3, 0.4) is 0 Å². The van der Waals surface area contributed by atoms with Crippen LogP contribution in [-0.4, -0.2) is 16.7 Å². The van der Waals surface area contributed by atoms with Crippen LogP contribution in [0, 0.1) is 0 Å². The van der Waals surface area contributed by atoms with E-state index >= 15 is 0 Å². The summed E-state index contributed by atoms with van der Waals surface area (Å²) in [6.45, 7) is 3.90. The Bertz CT molecular complexity index is 709. The Morgan fingerprint density at radius 3 is 2.55 bits per heavy atom. The van der Waals surface area contributed by atoms with Crippen molar-refractivity contribution in [2.24, 2.45) is 5.10 Å². The number of hydrazone groups is 1. The lowest BCUT2D eigenvalue weighted by molar-refractivity contribution is 0.0952. The van der Waals surface area contributed by atoms with Gasteiger partial charge in [-0.3, -0.25) is 4.79 Å². The van der Waals surface area contributed by atoms with Crippen molar-refractivity contribution in [3.8, 4) is 5.75 Å². The van der Waals surface area contributed by atoms with E-state index in [0.29, 0.717) is 10.7 Å². The maximum absolute atomic E-state index is 12.0. The van der Waals surface area contributed by atoms with Crippen molar-refractivity contribution >= 4 is 23.2 Å². The van der Waals surface area contributed by atoms with Crippen molar-refractivity contribution < 1.29 is 9.90 Å². The molecule has 0 aliphatic rings. The third-order valence-electron chi connectivity index (χ3n) is 3.31. The van der Waals surface area contributed by atoms with Gasteiger partial charge >= 0.3 is 0 Å². The predicted octanol–water partition coefficient (Wildman–Crippen LogP) is 3.76. The number of aromatic hydroxyl groups is 1. The van der Waals surface area contributed by atoms with Crippen LogP contribution in [-0.2, 0) is 6.42 Å². The van der Waals surface area contributed by atoms with Gasteiger partial charge in [-0.1, -0.05) is 42.8 Å². The third kappa shape index (κ3) is 3.86. The number of amides is 1. The summed E-state index contributed by atoms with van der Waals surface area (Å²) in [6, 6.07) is 12.3. The Kier molecular flexibility index (Phi) is 5.17. The molecule has 2 N–H and O–H groups in total. The van der Waals surface area contributed by atoms with Crippen molar-refractivity contribution in [2.45, 2.75) is 20.3 Å². The maximum Gasteiger partial charge on any atom is 0.275 e. The first-order valence-electron chi connectivity index (χ1n) is 6.93. The molecule has 22 heavy (non-hydrogen) atoms. The molecule has 2 aromatic rings. The first kappa shape index (κ1) is 16.0. The van der Waals surface area contributed by atoms with E-state index in [1.54, 1.807) is 6.92 Å². The number of nitrogens with zero attached hydrogens (tertiary/aromatic N) is 1. The van der Waals surface area contributed by atoms with Crippen LogP contribution < -0.4 is 5.43 Å². The number of aryl methyl sites for hydroxylation is 1. The SMILES string of the molecule is CCc1ccc(C(C)=NNC(=O)c2cc(Cl)ccc2O)cc1. The average Bonchev–Trinajstić information content (AvgIpc) is 2.54. The molecule has 0 saturated carbocycles. The molecule has 5 heteroatoms. The molecule has 0 bridgehead atoms. The summed E-state index contributed by atoms with van der Waals surface area (Å²) in [5.74, 6) is -0.647. The van der Waals surface area contributed by atoms with Gasteiger partial charge in [-0.15, -0.1) is 0 Å². The molecule has 1 amide bonds. The van der Waals surface area contributed by atoms with Gasteiger partial charge in [0.1, 0.15) is 5.75 Å². The molecule has 0 atom stereocenters. The molecule has 114 valence electrons. The number of hydrogen-bond donors (Lipinski definition) is 2. The highest BCUT2D eigenvalue weighted by Crippen LogP contribution is 2.21. The third-order valence-corrected chi connectivity index (χ3v) is 3.54. The van der Waals surface area contributed by atoms with Gasteiger partial charge in [0, 0.05) is 5.02 Å². The van der Waals surface area contributed by atoms with E-state index in [0.717, 1.165) is 12.0 Å². The first-order chi connectivity index (χ1) is 10.5. The van der Waals surface area contributed by atoms with Crippen LogP contribution in [0.4, 0.5) is 0 Å². The molecule has 2 rings (SSSR count). The molecular formula is C17H17ClN2O2. The Morgan fingerprint density at radius 2 is 1.91 bits per heavy atom. The fourth-order valence-corrected chi connectivity index (χ4v) is 2.10. The van der Waals surface area contributed by atoms with Gasteiger partial charge in [0.05, 0.1) is 11.3 Å². The second-order valence-corrected chi connectivity index (χ2v) is 5.29. The lowest BCUT2D eigenvalue weighted by Crippen LogP contribution is -2.19. The number of halogens is 1. The van der Waals surface area contributed by atoms with Gasteiger partial charge in [0.25, 0.3) is 5.91 Å². The zero-order valence-corrected chi connectivity index (χ0v) is 13.2. The monoisotopic (exact) mass is 316 g/mol. The Labute approximate surface area is 134 Å². The van der Waals surface area contributed by atoms with Gasteiger partial charge in [0.2, 0.25) is 0 Å². The number of hydrogen-bond acceptors (Lipinski definition) is 3. The number of nitrogens with one attached hydrogen (secondary N) is 1. The summed E-state index contributed by atoms with van der Waals surface area (Å²) in [5, 5.41) is 14.1. The van der Waals surface area contributed by atoms with Crippen LogP contribution in [0.15, 0.2) is 47.6 Å². The molecule has 4 nitrogen and oxygen atoms in total. The van der Waals surface area contributed by atoms with Gasteiger partial charge in [0.15, 0.2) is 0 Å². The topological polar surface area (TPSA) is 61.7 Å². The quantitative estimate of drug-likeness (QED) is 0.666. The van der Waals surface area contributed by atoms with E-state index in [-0.39, 0.29) is 11.3 Å². The molecule has 0 unspecified atom stereocenters. The van der Waals surface area contributed by atoms with Gasteiger partial charge < -0.3 is 5.11 Å². The smallest absolute Gasteiger partial charge is 0.275 e. The molecule has 0 aliphatic heterocycles. The Hall–Kier alpha value is -2.33.